The Morgan fingerprint density at radius 3 is 2.55 bits per heavy atom. The van der Waals surface area contributed by atoms with Crippen LogP contribution in [0.5, 0.6) is 0 Å². The van der Waals surface area contributed by atoms with E-state index in [0.29, 0.717) is 0 Å². The normalized spacial score (nSPS) is 12.9. The number of methoxy groups -OCH3 is 1. The first-order valence-electron chi connectivity index (χ1n) is 5.66. The van der Waals surface area contributed by atoms with Gasteiger partial charge >= 0.3 is 11.9 Å². The molecule has 0 amide bonds. The highest BCUT2D eigenvalue weighted by Gasteiger charge is 2.28. The number of carbonyl (C=O) groups excluding carboxylic acids is 1. The van der Waals surface area contributed by atoms with E-state index in [2.05, 4.69) is 4.74 Å². The average molecular weight is 305 g/mol. The Balaban J connectivity index is 3.11. The minimum absolute atomic E-state index is 0.0313. The second kappa shape index (κ2) is 6.06. The molecule has 0 spiro atoms. The number of esters is 1. The number of sulfonamides is 1. The molecule has 2 N–H and O–H groups in total. The second-order valence-corrected chi connectivity index (χ2v) is 5.59. The first-order chi connectivity index (χ1) is 9.22. The zero-order valence-corrected chi connectivity index (χ0v) is 12.0. The SMILES string of the molecule is CC[C@@H](NS(=O)(=O)c1cc(C(=O)OC)c(C)o1)C(=O)O. The summed E-state index contributed by atoms with van der Waals surface area (Å²) in [7, 11) is -3.01. The standard InChI is InChI=1S/C11H15NO7S/c1-4-8(10(13)14)12-20(16,17)9-5-7(6(2)19-9)11(15)18-3/h5,8,12H,4H2,1-3H3,(H,13,14)/t8-/m1/s1. The molecule has 0 aliphatic carbocycles. The number of furan rings is 1. The third-order valence-electron chi connectivity index (χ3n) is 2.57. The first kappa shape index (κ1) is 16.2. The smallest absolute Gasteiger partial charge is 0.341 e. The van der Waals surface area contributed by atoms with Gasteiger partial charge in [0.15, 0.2) is 0 Å². The van der Waals surface area contributed by atoms with E-state index >= 15 is 0 Å². The van der Waals surface area contributed by atoms with Crippen LogP contribution in [-0.4, -0.2) is 38.6 Å². The van der Waals surface area contributed by atoms with Crippen LogP contribution < -0.4 is 4.72 Å². The van der Waals surface area contributed by atoms with Gasteiger partial charge in [0.1, 0.15) is 17.4 Å². The lowest BCUT2D eigenvalue weighted by Gasteiger charge is -2.10. The van der Waals surface area contributed by atoms with Crippen molar-refractivity contribution in [3.05, 3.63) is 17.4 Å². The van der Waals surface area contributed by atoms with Gasteiger partial charge < -0.3 is 14.3 Å². The zero-order chi connectivity index (χ0) is 15.5. The highest BCUT2D eigenvalue weighted by Crippen LogP contribution is 2.20. The van der Waals surface area contributed by atoms with Gasteiger partial charge in [-0.2, -0.15) is 4.72 Å². The minimum atomic E-state index is -4.17. The van der Waals surface area contributed by atoms with Crippen LogP contribution in [0.2, 0.25) is 0 Å². The lowest BCUT2D eigenvalue weighted by atomic mass is 10.2. The maximum atomic E-state index is 12.0. The molecule has 1 heterocycles. The maximum absolute atomic E-state index is 12.0. The number of carboxylic acids is 1. The molecule has 0 aromatic carbocycles. The number of carboxylic acid groups (broad SMARTS) is 1. The van der Waals surface area contributed by atoms with E-state index in [1.54, 1.807) is 0 Å². The van der Waals surface area contributed by atoms with E-state index < -0.39 is 33.1 Å². The van der Waals surface area contributed by atoms with Crippen LogP contribution in [-0.2, 0) is 19.6 Å². The number of rotatable bonds is 6. The number of carbonyl (C=O) groups is 2. The molecule has 0 saturated carbocycles. The number of hydrogen-bond acceptors (Lipinski definition) is 6. The molecule has 0 radical (unpaired) electrons. The van der Waals surface area contributed by atoms with Crippen LogP contribution >= 0.6 is 0 Å². The van der Waals surface area contributed by atoms with E-state index in [-0.39, 0.29) is 17.7 Å². The Bertz CT molecular complexity index is 617. The molecular weight excluding hydrogens is 290 g/mol. The Labute approximate surface area is 115 Å². The van der Waals surface area contributed by atoms with Crippen LogP contribution in [0.15, 0.2) is 15.6 Å². The predicted octanol–water partition coefficient (Wildman–Crippen LogP) is 0.516. The van der Waals surface area contributed by atoms with Gasteiger partial charge in [0.2, 0.25) is 5.09 Å². The largest absolute Gasteiger partial charge is 0.480 e. The van der Waals surface area contributed by atoms with Crippen molar-refractivity contribution < 1.29 is 32.3 Å². The summed E-state index contributed by atoms with van der Waals surface area (Å²) in [6, 6.07) is -0.273. The summed E-state index contributed by atoms with van der Waals surface area (Å²) in [4.78, 5) is 22.2. The van der Waals surface area contributed by atoms with Crippen molar-refractivity contribution in [2.24, 2.45) is 0 Å². The Kier molecular flexibility index (Phi) is 4.90. The van der Waals surface area contributed by atoms with Gasteiger partial charge in [-0.3, -0.25) is 4.79 Å². The van der Waals surface area contributed by atoms with Crippen LogP contribution in [0.25, 0.3) is 0 Å². The average Bonchev–Trinajstić information content (AvgIpc) is 2.77. The van der Waals surface area contributed by atoms with Crippen LogP contribution in [0.1, 0.15) is 29.5 Å². The van der Waals surface area contributed by atoms with Crippen molar-refractivity contribution in [3.8, 4) is 0 Å². The summed E-state index contributed by atoms with van der Waals surface area (Å²) in [6.07, 6.45) is 0.0676. The molecule has 0 fully saturated rings. The maximum Gasteiger partial charge on any atom is 0.341 e. The van der Waals surface area contributed by atoms with Gasteiger partial charge in [-0.25, -0.2) is 13.2 Å². The molecule has 1 aromatic heterocycles. The molecule has 112 valence electrons. The summed E-state index contributed by atoms with van der Waals surface area (Å²) in [5.74, 6) is -1.97. The molecule has 0 saturated heterocycles. The summed E-state index contributed by atoms with van der Waals surface area (Å²) >= 11 is 0. The molecular formula is C11H15NO7S. The van der Waals surface area contributed by atoms with Crippen molar-refractivity contribution in [1.29, 1.82) is 0 Å². The molecule has 1 aromatic rings. The Morgan fingerprint density at radius 2 is 2.10 bits per heavy atom. The monoisotopic (exact) mass is 305 g/mol. The topological polar surface area (TPSA) is 123 Å². The Hall–Kier alpha value is -1.87. The molecule has 0 aliphatic rings. The summed E-state index contributed by atoms with van der Waals surface area (Å²) in [5, 5.41) is 8.31. The van der Waals surface area contributed by atoms with Crippen molar-refractivity contribution >= 4 is 22.0 Å². The summed E-state index contributed by atoms with van der Waals surface area (Å²) < 4.78 is 35.4. The number of aliphatic carboxylic acids is 1. The van der Waals surface area contributed by atoms with Gasteiger partial charge in [0, 0.05) is 6.07 Å². The van der Waals surface area contributed by atoms with Crippen molar-refractivity contribution in [2.75, 3.05) is 7.11 Å². The third-order valence-corrected chi connectivity index (χ3v) is 3.89. The van der Waals surface area contributed by atoms with Gasteiger partial charge in [-0.15, -0.1) is 0 Å². The molecule has 0 bridgehead atoms. The number of aryl methyl sites for hydroxylation is 1. The lowest BCUT2D eigenvalue weighted by molar-refractivity contribution is -0.139. The zero-order valence-electron chi connectivity index (χ0n) is 11.2. The molecule has 0 aliphatic heterocycles. The number of hydrogen-bond donors (Lipinski definition) is 2. The Morgan fingerprint density at radius 1 is 1.50 bits per heavy atom. The highest BCUT2D eigenvalue weighted by atomic mass is 32.2. The summed E-state index contributed by atoms with van der Waals surface area (Å²) in [5.41, 5.74) is -0.0313. The van der Waals surface area contributed by atoms with Crippen molar-refractivity contribution in [2.45, 2.75) is 31.4 Å². The molecule has 1 rings (SSSR count). The number of nitrogens with one attached hydrogen (secondary N) is 1. The van der Waals surface area contributed by atoms with Crippen LogP contribution in [0.4, 0.5) is 0 Å². The van der Waals surface area contributed by atoms with Crippen LogP contribution in [0, 0.1) is 6.92 Å². The second-order valence-electron chi connectivity index (χ2n) is 3.95. The fraction of sp³-hybridized carbons (Fsp3) is 0.455. The van der Waals surface area contributed by atoms with Gasteiger partial charge in [0.25, 0.3) is 10.0 Å². The molecule has 20 heavy (non-hydrogen) atoms. The fourth-order valence-electron chi connectivity index (χ4n) is 1.45. The van der Waals surface area contributed by atoms with Crippen LogP contribution in [0.3, 0.4) is 0 Å². The third kappa shape index (κ3) is 3.36. The first-order valence-corrected chi connectivity index (χ1v) is 7.15. The van der Waals surface area contributed by atoms with E-state index in [4.69, 9.17) is 9.52 Å². The molecule has 9 heteroatoms. The van der Waals surface area contributed by atoms with E-state index in [9.17, 15) is 18.0 Å². The predicted molar refractivity (Wildman–Crippen MR) is 66.8 cm³/mol. The minimum Gasteiger partial charge on any atom is -0.480 e. The summed E-state index contributed by atoms with van der Waals surface area (Å²) in [6.45, 7) is 2.92. The lowest BCUT2D eigenvalue weighted by Crippen LogP contribution is -2.40. The highest BCUT2D eigenvalue weighted by molar-refractivity contribution is 7.89. The van der Waals surface area contributed by atoms with Gasteiger partial charge in [-0.05, 0) is 13.3 Å². The number of ether oxygens (including phenoxy) is 1. The van der Waals surface area contributed by atoms with E-state index in [1.807, 2.05) is 4.72 Å². The molecule has 0 unspecified atom stereocenters. The van der Waals surface area contributed by atoms with Crippen molar-refractivity contribution in [3.63, 3.8) is 0 Å². The van der Waals surface area contributed by atoms with Crippen molar-refractivity contribution in [1.82, 2.24) is 4.72 Å². The van der Waals surface area contributed by atoms with Gasteiger partial charge in [0.05, 0.1) is 7.11 Å². The van der Waals surface area contributed by atoms with E-state index in [1.165, 1.54) is 13.8 Å². The van der Waals surface area contributed by atoms with E-state index in [0.717, 1.165) is 13.2 Å². The molecule has 8 nitrogen and oxygen atoms in total. The van der Waals surface area contributed by atoms with Gasteiger partial charge in [-0.1, -0.05) is 6.92 Å². The fourth-order valence-corrected chi connectivity index (χ4v) is 2.72. The molecule has 1 atom stereocenters. The quantitative estimate of drug-likeness (QED) is 0.734.